The maximum atomic E-state index is 12.5. The van der Waals surface area contributed by atoms with E-state index in [2.05, 4.69) is 18.8 Å². The van der Waals surface area contributed by atoms with Crippen molar-refractivity contribution in [3.8, 4) is 0 Å². The van der Waals surface area contributed by atoms with Crippen molar-refractivity contribution in [3.05, 3.63) is 29.6 Å². The fraction of sp³-hybridized carbons (Fsp3) is 0.500. The number of hydrogen-bond donors (Lipinski definition) is 1. The maximum absolute atomic E-state index is 12.5. The Kier molecular flexibility index (Phi) is 5.89. The summed E-state index contributed by atoms with van der Waals surface area (Å²) in [7, 11) is 0. The molecule has 104 valence electrons. The molecule has 0 unspecified atom stereocenters. The smallest absolute Gasteiger partial charge is 0.272 e. The van der Waals surface area contributed by atoms with Crippen molar-refractivity contribution in [2.45, 2.75) is 27.2 Å². The number of aryl methyl sites for hydroxylation is 1. The number of aromatic nitrogens is 1. The highest BCUT2D eigenvalue weighted by molar-refractivity contribution is 7.80. The van der Waals surface area contributed by atoms with E-state index < -0.39 is 0 Å². The Labute approximate surface area is 120 Å². The van der Waals surface area contributed by atoms with Crippen LogP contribution in [-0.2, 0) is 0 Å². The van der Waals surface area contributed by atoms with Crippen molar-refractivity contribution in [2.24, 2.45) is 11.7 Å². The number of pyridine rings is 1. The van der Waals surface area contributed by atoms with Crippen molar-refractivity contribution in [2.75, 3.05) is 13.1 Å². The molecular formula is C14H21N3OS. The summed E-state index contributed by atoms with van der Waals surface area (Å²) in [5.41, 5.74) is 6.91. The first-order valence-corrected chi connectivity index (χ1v) is 6.81. The Morgan fingerprint density at radius 1 is 1.53 bits per heavy atom. The van der Waals surface area contributed by atoms with E-state index in [9.17, 15) is 4.79 Å². The van der Waals surface area contributed by atoms with Crippen LogP contribution in [0.3, 0.4) is 0 Å². The van der Waals surface area contributed by atoms with E-state index in [4.69, 9.17) is 18.0 Å². The predicted octanol–water partition coefficient (Wildman–Crippen LogP) is 2.16. The van der Waals surface area contributed by atoms with Gasteiger partial charge in [-0.3, -0.25) is 9.78 Å². The molecule has 19 heavy (non-hydrogen) atoms. The van der Waals surface area contributed by atoms with E-state index in [1.54, 1.807) is 11.1 Å². The second-order valence-electron chi connectivity index (χ2n) is 5.03. The number of nitrogens with zero attached hydrogens (tertiary/aromatic N) is 2. The lowest BCUT2D eigenvalue weighted by Crippen LogP contribution is -2.37. The van der Waals surface area contributed by atoms with Gasteiger partial charge in [0.05, 0.1) is 4.99 Å². The largest absolute Gasteiger partial charge is 0.393 e. The fourth-order valence-electron chi connectivity index (χ4n) is 1.82. The normalized spacial score (nSPS) is 10.5. The third-order valence-corrected chi connectivity index (χ3v) is 2.92. The highest BCUT2D eigenvalue weighted by atomic mass is 32.1. The molecule has 1 rings (SSSR count). The van der Waals surface area contributed by atoms with E-state index in [0.717, 1.165) is 5.56 Å². The molecule has 5 heteroatoms. The van der Waals surface area contributed by atoms with Gasteiger partial charge in [0.2, 0.25) is 0 Å². The van der Waals surface area contributed by atoms with Crippen molar-refractivity contribution >= 4 is 23.1 Å². The van der Waals surface area contributed by atoms with Crippen LogP contribution in [0.5, 0.6) is 0 Å². The van der Waals surface area contributed by atoms with Gasteiger partial charge >= 0.3 is 0 Å². The molecule has 0 fully saturated rings. The summed E-state index contributed by atoms with van der Waals surface area (Å²) in [4.78, 5) is 18.9. The molecule has 0 saturated carbocycles. The SMILES string of the molecule is Cc1cccnc1C(=O)N(CCC(N)=S)CC(C)C. The number of carbonyl (C=O) groups is 1. The van der Waals surface area contributed by atoms with Gasteiger partial charge in [-0.2, -0.15) is 0 Å². The van der Waals surface area contributed by atoms with Gasteiger partial charge in [-0.15, -0.1) is 0 Å². The van der Waals surface area contributed by atoms with Crippen LogP contribution in [0.2, 0.25) is 0 Å². The molecule has 0 aliphatic heterocycles. The van der Waals surface area contributed by atoms with Gasteiger partial charge in [0, 0.05) is 25.7 Å². The zero-order chi connectivity index (χ0) is 14.4. The van der Waals surface area contributed by atoms with Gasteiger partial charge < -0.3 is 10.6 Å². The summed E-state index contributed by atoms with van der Waals surface area (Å²) in [6.07, 6.45) is 2.18. The molecule has 0 saturated heterocycles. The molecule has 0 spiro atoms. The van der Waals surface area contributed by atoms with Crippen molar-refractivity contribution in [1.82, 2.24) is 9.88 Å². The highest BCUT2D eigenvalue weighted by Crippen LogP contribution is 2.10. The van der Waals surface area contributed by atoms with E-state index in [1.165, 1.54) is 0 Å². The summed E-state index contributed by atoms with van der Waals surface area (Å²) in [6, 6.07) is 3.72. The predicted molar refractivity (Wildman–Crippen MR) is 81.1 cm³/mol. The van der Waals surface area contributed by atoms with Gasteiger partial charge in [-0.25, -0.2) is 0 Å². The van der Waals surface area contributed by atoms with Gasteiger partial charge in [-0.05, 0) is 24.5 Å². The summed E-state index contributed by atoms with van der Waals surface area (Å²) < 4.78 is 0. The summed E-state index contributed by atoms with van der Waals surface area (Å²) in [6.45, 7) is 7.26. The van der Waals surface area contributed by atoms with Crippen molar-refractivity contribution < 1.29 is 4.79 Å². The van der Waals surface area contributed by atoms with Crippen LogP contribution in [0, 0.1) is 12.8 Å². The van der Waals surface area contributed by atoms with E-state index in [0.29, 0.717) is 36.1 Å². The van der Waals surface area contributed by atoms with Crippen LogP contribution < -0.4 is 5.73 Å². The standard InChI is InChI=1S/C14H21N3OS/c1-10(2)9-17(8-6-12(15)19)14(18)13-11(3)5-4-7-16-13/h4-5,7,10H,6,8-9H2,1-3H3,(H2,15,19). The average molecular weight is 279 g/mol. The highest BCUT2D eigenvalue weighted by Gasteiger charge is 2.19. The third-order valence-electron chi connectivity index (χ3n) is 2.71. The van der Waals surface area contributed by atoms with Crippen LogP contribution in [0.4, 0.5) is 0 Å². The zero-order valence-electron chi connectivity index (χ0n) is 11.7. The molecule has 0 aliphatic rings. The number of amides is 1. The summed E-state index contributed by atoms with van der Waals surface area (Å²) in [5.74, 6) is 0.336. The minimum atomic E-state index is -0.0527. The van der Waals surface area contributed by atoms with Gasteiger partial charge in [0.25, 0.3) is 5.91 Å². The Hall–Kier alpha value is -1.49. The number of carbonyl (C=O) groups excluding carboxylic acids is 1. The first-order valence-electron chi connectivity index (χ1n) is 6.41. The van der Waals surface area contributed by atoms with Crippen molar-refractivity contribution in [1.29, 1.82) is 0 Å². The van der Waals surface area contributed by atoms with Gasteiger partial charge in [-0.1, -0.05) is 32.1 Å². The molecule has 1 amide bonds. The lowest BCUT2D eigenvalue weighted by Gasteiger charge is -2.24. The molecule has 2 N–H and O–H groups in total. The van der Waals surface area contributed by atoms with Crippen LogP contribution >= 0.6 is 12.2 Å². The minimum Gasteiger partial charge on any atom is -0.393 e. The maximum Gasteiger partial charge on any atom is 0.272 e. The molecule has 0 radical (unpaired) electrons. The van der Waals surface area contributed by atoms with Gasteiger partial charge in [0.15, 0.2) is 0 Å². The molecule has 1 aromatic heterocycles. The number of rotatable bonds is 6. The zero-order valence-corrected chi connectivity index (χ0v) is 12.5. The Morgan fingerprint density at radius 2 is 2.21 bits per heavy atom. The minimum absolute atomic E-state index is 0.0527. The Balaban J connectivity index is 2.87. The second kappa shape index (κ2) is 7.19. The molecule has 0 aromatic carbocycles. The topological polar surface area (TPSA) is 59.2 Å². The number of thiocarbonyl (C=S) groups is 1. The number of hydrogen-bond acceptors (Lipinski definition) is 3. The van der Waals surface area contributed by atoms with Crippen LogP contribution in [0.25, 0.3) is 0 Å². The molecule has 0 bridgehead atoms. The first-order chi connectivity index (χ1) is 8.91. The van der Waals surface area contributed by atoms with Gasteiger partial charge in [0.1, 0.15) is 5.69 Å². The van der Waals surface area contributed by atoms with Crippen molar-refractivity contribution in [3.63, 3.8) is 0 Å². The molecule has 4 nitrogen and oxygen atoms in total. The third kappa shape index (κ3) is 4.95. The van der Waals surface area contributed by atoms with Crippen LogP contribution in [0.1, 0.15) is 36.3 Å². The summed E-state index contributed by atoms with van der Waals surface area (Å²) in [5, 5.41) is 0. The number of nitrogens with two attached hydrogens (primary N) is 1. The first kappa shape index (κ1) is 15.6. The molecule has 0 aliphatic carbocycles. The molecule has 1 heterocycles. The quantitative estimate of drug-likeness (QED) is 0.811. The monoisotopic (exact) mass is 279 g/mol. The van der Waals surface area contributed by atoms with Crippen LogP contribution in [0.15, 0.2) is 18.3 Å². The molecular weight excluding hydrogens is 258 g/mol. The lowest BCUT2D eigenvalue weighted by atomic mass is 10.1. The van der Waals surface area contributed by atoms with Crippen LogP contribution in [-0.4, -0.2) is 33.9 Å². The molecule has 1 aromatic rings. The van der Waals surface area contributed by atoms with E-state index in [1.807, 2.05) is 19.1 Å². The fourth-order valence-corrected chi connectivity index (χ4v) is 1.91. The Morgan fingerprint density at radius 3 is 2.74 bits per heavy atom. The Bertz CT molecular complexity index is 460. The van der Waals surface area contributed by atoms with E-state index >= 15 is 0 Å². The average Bonchev–Trinajstić information content (AvgIpc) is 2.33. The van der Waals surface area contributed by atoms with E-state index in [-0.39, 0.29) is 5.91 Å². The summed E-state index contributed by atoms with van der Waals surface area (Å²) >= 11 is 4.88. The second-order valence-corrected chi connectivity index (χ2v) is 5.55. The molecule has 0 atom stereocenters. The lowest BCUT2D eigenvalue weighted by molar-refractivity contribution is 0.0734.